The number of carbonyl (C=O) groups is 1. The van der Waals surface area contributed by atoms with Crippen LogP contribution in [0.15, 0.2) is 59.1 Å². The van der Waals surface area contributed by atoms with E-state index in [-0.39, 0.29) is 22.9 Å². The van der Waals surface area contributed by atoms with Crippen LogP contribution in [0.4, 0.5) is 18.9 Å². The Bertz CT molecular complexity index is 1230. The van der Waals surface area contributed by atoms with E-state index in [1.807, 2.05) is 32.9 Å². The van der Waals surface area contributed by atoms with Crippen LogP contribution >= 0.6 is 11.3 Å². The zero-order valence-corrected chi connectivity index (χ0v) is 19.4. The van der Waals surface area contributed by atoms with Crippen LogP contribution in [0, 0.1) is 16.7 Å². The van der Waals surface area contributed by atoms with E-state index >= 15 is 0 Å². The third kappa shape index (κ3) is 4.06. The van der Waals surface area contributed by atoms with Gasteiger partial charge in [0.15, 0.2) is 5.78 Å². The maximum absolute atomic E-state index is 13.4. The summed E-state index contributed by atoms with van der Waals surface area (Å²) in [5.41, 5.74) is 6.69. The van der Waals surface area contributed by atoms with Gasteiger partial charge in [-0.1, -0.05) is 26.8 Å². The van der Waals surface area contributed by atoms with Crippen molar-refractivity contribution in [2.24, 2.45) is 11.1 Å². The Balaban J connectivity index is 1.98. The molecule has 1 aliphatic heterocycles. The number of allylic oxidation sites excluding steroid dienone is 3. The molecule has 0 unspecified atom stereocenters. The minimum atomic E-state index is -4.53. The molecule has 0 radical (unpaired) electrons. The third-order valence-corrected chi connectivity index (χ3v) is 7.42. The number of alkyl halides is 3. The number of hydrogen-bond acceptors (Lipinski definition) is 5. The van der Waals surface area contributed by atoms with E-state index in [9.17, 15) is 23.2 Å². The van der Waals surface area contributed by atoms with Crippen molar-refractivity contribution in [3.8, 4) is 6.07 Å². The molecule has 33 heavy (non-hydrogen) atoms. The van der Waals surface area contributed by atoms with Crippen molar-refractivity contribution in [3.63, 3.8) is 0 Å². The van der Waals surface area contributed by atoms with Gasteiger partial charge in [0.05, 0.1) is 23.1 Å². The molecule has 2 N–H and O–H groups in total. The maximum Gasteiger partial charge on any atom is 0.416 e. The molecule has 0 spiro atoms. The topological polar surface area (TPSA) is 70.1 Å². The number of ketones is 1. The fourth-order valence-electron chi connectivity index (χ4n) is 4.65. The molecule has 1 aliphatic carbocycles. The van der Waals surface area contributed by atoms with E-state index in [1.54, 1.807) is 0 Å². The highest BCUT2D eigenvalue weighted by atomic mass is 32.1. The van der Waals surface area contributed by atoms with Crippen LogP contribution in [0.2, 0.25) is 0 Å². The van der Waals surface area contributed by atoms with Crippen molar-refractivity contribution in [2.75, 3.05) is 4.90 Å². The van der Waals surface area contributed by atoms with Gasteiger partial charge in [-0.15, -0.1) is 11.3 Å². The molecule has 2 aromatic rings. The van der Waals surface area contributed by atoms with Crippen LogP contribution in [0.5, 0.6) is 0 Å². The second-order valence-electron chi connectivity index (χ2n) is 9.19. The van der Waals surface area contributed by atoms with Crippen LogP contribution in [0.1, 0.15) is 54.8 Å². The largest absolute Gasteiger partial charge is 0.416 e. The molecule has 8 heteroatoms. The first-order valence-electron chi connectivity index (χ1n) is 10.7. The first-order chi connectivity index (χ1) is 15.5. The number of rotatable bonds is 3. The lowest BCUT2D eigenvalue weighted by Crippen LogP contribution is -2.42. The first kappa shape index (κ1) is 23.1. The molecule has 0 saturated carbocycles. The molecule has 172 valence electrons. The van der Waals surface area contributed by atoms with Gasteiger partial charge in [-0.3, -0.25) is 9.69 Å². The van der Waals surface area contributed by atoms with Crippen molar-refractivity contribution in [1.82, 2.24) is 0 Å². The molecular weight excluding hydrogens is 447 g/mol. The maximum atomic E-state index is 13.4. The van der Waals surface area contributed by atoms with Crippen molar-refractivity contribution in [3.05, 3.63) is 74.4 Å². The Morgan fingerprint density at radius 3 is 2.58 bits per heavy atom. The monoisotopic (exact) mass is 471 g/mol. The second kappa shape index (κ2) is 8.07. The molecule has 0 fully saturated rings. The molecule has 2 heterocycles. The lowest BCUT2D eigenvalue weighted by molar-refractivity contribution is -0.137. The SMILES string of the molecule is CCc1ccc([C@@H]2C(C#N)=C(N)N(c3cccc(C(F)(F)F)c3)C3=C2C(=O)CC(C)(C)C3)s1. The van der Waals surface area contributed by atoms with Crippen LogP contribution in [0.25, 0.3) is 0 Å². The highest BCUT2D eigenvalue weighted by Gasteiger charge is 2.45. The Morgan fingerprint density at radius 2 is 1.97 bits per heavy atom. The average Bonchev–Trinajstić information content (AvgIpc) is 3.20. The molecule has 0 bridgehead atoms. The summed E-state index contributed by atoms with van der Waals surface area (Å²) in [5.74, 6) is -0.645. The predicted molar refractivity (Wildman–Crippen MR) is 122 cm³/mol. The van der Waals surface area contributed by atoms with Gasteiger partial charge >= 0.3 is 6.18 Å². The van der Waals surface area contributed by atoms with E-state index in [4.69, 9.17) is 5.73 Å². The number of benzene rings is 1. The number of carbonyl (C=O) groups excluding carboxylic acids is 1. The Labute approximate surface area is 194 Å². The van der Waals surface area contributed by atoms with Gasteiger partial charge in [0.1, 0.15) is 5.82 Å². The molecule has 4 nitrogen and oxygen atoms in total. The number of thiophene rings is 1. The van der Waals surface area contributed by atoms with E-state index in [0.717, 1.165) is 28.3 Å². The predicted octanol–water partition coefficient (Wildman–Crippen LogP) is 6.27. The fraction of sp³-hybridized carbons (Fsp3) is 0.360. The van der Waals surface area contributed by atoms with E-state index in [0.29, 0.717) is 24.1 Å². The molecule has 4 rings (SSSR count). The number of nitrogens with zero attached hydrogens (tertiary/aromatic N) is 2. The Hall–Kier alpha value is -3.05. The molecular formula is C25H24F3N3OS. The lowest BCUT2D eigenvalue weighted by Gasteiger charge is -2.43. The molecule has 1 aromatic carbocycles. The van der Waals surface area contributed by atoms with Gasteiger partial charge in [0.25, 0.3) is 0 Å². The summed E-state index contributed by atoms with van der Waals surface area (Å²) in [6.45, 7) is 5.93. The average molecular weight is 472 g/mol. The number of halogens is 3. The molecule has 0 saturated heterocycles. The number of Topliss-reactive ketones (excluding diaryl/α,β-unsaturated/α-hetero) is 1. The quantitative estimate of drug-likeness (QED) is 0.573. The van der Waals surface area contributed by atoms with E-state index in [2.05, 4.69) is 6.07 Å². The zero-order valence-electron chi connectivity index (χ0n) is 18.6. The van der Waals surface area contributed by atoms with Gasteiger partial charge in [-0.25, -0.2) is 0 Å². The minimum Gasteiger partial charge on any atom is -0.384 e. The zero-order chi connectivity index (χ0) is 24.1. The summed E-state index contributed by atoms with van der Waals surface area (Å²) >= 11 is 1.53. The van der Waals surface area contributed by atoms with Crippen LogP contribution in [-0.2, 0) is 17.4 Å². The fourth-order valence-corrected chi connectivity index (χ4v) is 5.72. The number of nitrogens with two attached hydrogens (primary N) is 1. The third-order valence-electron chi connectivity index (χ3n) is 6.13. The van der Waals surface area contributed by atoms with E-state index in [1.165, 1.54) is 28.4 Å². The van der Waals surface area contributed by atoms with Crippen molar-refractivity contribution in [2.45, 2.75) is 52.1 Å². The second-order valence-corrected chi connectivity index (χ2v) is 10.4. The summed E-state index contributed by atoms with van der Waals surface area (Å²) in [5, 5.41) is 10.1. The lowest BCUT2D eigenvalue weighted by atomic mass is 9.69. The minimum absolute atomic E-state index is 0.0672. The Morgan fingerprint density at radius 1 is 1.24 bits per heavy atom. The van der Waals surface area contributed by atoms with Crippen LogP contribution < -0.4 is 10.6 Å². The molecule has 0 amide bonds. The van der Waals surface area contributed by atoms with Gasteiger partial charge in [-0.2, -0.15) is 18.4 Å². The highest BCUT2D eigenvalue weighted by Crippen LogP contribution is 2.51. The summed E-state index contributed by atoms with van der Waals surface area (Å²) in [7, 11) is 0. The summed E-state index contributed by atoms with van der Waals surface area (Å²) in [6.07, 6.45) is -2.96. The normalized spacial score (nSPS) is 20.7. The van der Waals surface area contributed by atoms with Gasteiger partial charge < -0.3 is 5.73 Å². The van der Waals surface area contributed by atoms with Gasteiger partial charge in [-0.05, 0) is 48.6 Å². The number of nitriles is 1. The number of hydrogen-bond donors (Lipinski definition) is 1. The molecule has 2 aliphatic rings. The molecule has 1 aromatic heterocycles. The summed E-state index contributed by atoms with van der Waals surface area (Å²) in [6, 6.07) is 10.9. The van der Waals surface area contributed by atoms with E-state index < -0.39 is 23.1 Å². The highest BCUT2D eigenvalue weighted by molar-refractivity contribution is 7.12. The standard InChI is InChI=1S/C25H24F3N3OS/c1-4-16-8-9-20(33-16)21-17(13-29)23(30)31(15-7-5-6-14(10-15)25(26,27)28)18-11-24(2,3)12-19(32)22(18)21/h5-10,21H,4,11-12,30H2,1-3H3/t21-/m0/s1. The van der Waals surface area contributed by atoms with Crippen molar-refractivity contribution >= 4 is 22.8 Å². The van der Waals surface area contributed by atoms with Crippen LogP contribution in [-0.4, -0.2) is 5.78 Å². The number of anilines is 1. The summed E-state index contributed by atoms with van der Waals surface area (Å²) < 4.78 is 40.3. The summed E-state index contributed by atoms with van der Waals surface area (Å²) in [4.78, 5) is 16.9. The Kier molecular flexibility index (Phi) is 5.65. The van der Waals surface area contributed by atoms with Gasteiger partial charge in [0, 0.05) is 33.1 Å². The van der Waals surface area contributed by atoms with Crippen LogP contribution in [0.3, 0.4) is 0 Å². The molecule has 1 atom stereocenters. The smallest absolute Gasteiger partial charge is 0.384 e. The number of aryl methyl sites for hydroxylation is 1. The van der Waals surface area contributed by atoms with Crippen molar-refractivity contribution in [1.29, 1.82) is 5.26 Å². The van der Waals surface area contributed by atoms with Crippen molar-refractivity contribution < 1.29 is 18.0 Å². The van der Waals surface area contributed by atoms with Gasteiger partial charge in [0.2, 0.25) is 0 Å². The first-order valence-corrected chi connectivity index (χ1v) is 11.5.